The lowest BCUT2D eigenvalue weighted by molar-refractivity contribution is -0.122. The maximum atomic E-state index is 12.5. The van der Waals surface area contributed by atoms with Crippen LogP contribution in [-0.4, -0.2) is 62.7 Å². The summed E-state index contributed by atoms with van der Waals surface area (Å²) in [5, 5.41) is 5.76. The highest BCUT2D eigenvalue weighted by Crippen LogP contribution is 2.19. The molecule has 1 fully saturated rings. The van der Waals surface area contributed by atoms with E-state index in [1.54, 1.807) is 18.9 Å². The molecule has 2 N–H and O–H groups in total. The van der Waals surface area contributed by atoms with Gasteiger partial charge in [0.2, 0.25) is 11.8 Å². The molecule has 0 spiro atoms. The molecule has 0 bridgehead atoms. The first-order valence-electron chi connectivity index (χ1n) is 9.91. The number of hydrogen-bond donors (Lipinski definition) is 2. The van der Waals surface area contributed by atoms with Crippen LogP contribution in [0.2, 0.25) is 0 Å². The van der Waals surface area contributed by atoms with Gasteiger partial charge in [0.25, 0.3) is 0 Å². The number of carbonyl (C=O) groups excluding carboxylic acids is 2. The van der Waals surface area contributed by atoms with Crippen LogP contribution in [0, 0.1) is 0 Å². The average molecular weight is 475 g/mol. The van der Waals surface area contributed by atoms with Gasteiger partial charge < -0.3 is 20.3 Å². The van der Waals surface area contributed by atoms with Crippen LogP contribution in [0.1, 0.15) is 6.92 Å². The first-order valence-corrected chi connectivity index (χ1v) is 10.7. The fraction of sp³-hybridized carbons (Fsp3) is 0.364. The Hall–Kier alpha value is -2.42. The number of morpholine rings is 1. The SMILES string of the molecule is CC(C(=O)Nc1ccc(Br)cc1)N(C)CC(=O)Nc1ccc(N2CCOCC2)cc1. The number of rotatable bonds is 7. The minimum Gasteiger partial charge on any atom is -0.378 e. The molecule has 0 aromatic heterocycles. The molecule has 1 aliphatic rings. The lowest BCUT2D eigenvalue weighted by Gasteiger charge is -2.29. The van der Waals surface area contributed by atoms with Gasteiger partial charge in [0.15, 0.2) is 0 Å². The zero-order valence-corrected chi connectivity index (χ0v) is 18.8. The summed E-state index contributed by atoms with van der Waals surface area (Å²) in [6, 6.07) is 14.7. The Labute approximate surface area is 185 Å². The number of amides is 2. The molecule has 7 nitrogen and oxygen atoms in total. The first-order chi connectivity index (χ1) is 14.4. The lowest BCUT2D eigenvalue weighted by Crippen LogP contribution is -2.43. The van der Waals surface area contributed by atoms with Crippen LogP contribution in [-0.2, 0) is 14.3 Å². The Morgan fingerprint density at radius 1 is 1.03 bits per heavy atom. The van der Waals surface area contributed by atoms with Gasteiger partial charge in [-0.05, 0) is 62.5 Å². The second-order valence-electron chi connectivity index (χ2n) is 7.28. The zero-order valence-electron chi connectivity index (χ0n) is 17.2. The molecule has 2 aromatic rings. The molecule has 1 saturated heterocycles. The van der Waals surface area contributed by atoms with E-state index < -0.39 is 6.04 Å². The minimum atomic E-state index is -0.455. The first kappa shape index (κ1) is 22.3. The van der Waals surface area contributed by atoms with Crippen molar-refractivity contribution in [3.63, 3.8) is 0 Å². The second-order valence-corrected chi connectivity index (χ2v) is 8.20. The van der Waals surface area contributed by atoms with E-state index >= 15 is 0 Å². The Morgan fingerprint density at radius 3 is 2.23 bits per heavy atom. The van der Waals surface area contributed by atoms with Crippen molar-refractivity contribution in [3.05, 3.63) is 53.0 Å². The lowest BCUT2D eigenvalue weighted by atomic mass is 10.2. The summed E-state index contributed by atoms with van der Waals surface area (Å²) in [5.41, 5.74) is 2.57. The molecule has 1 heterocycles. The van der Waals surface area contributed by atoms with E-state index in [1.807, 2.05) is 48.5 Å². The molecule has 1 aliphatic heterocycles. The molecular formula is C22H27BrN4O3. The van der Waals surface area contributed by atoms with Gasteiger partial charge in [-0.3, -0.25) is 14.5 Å². The van der Waals surface area contributed by atoms with Crippen molar-refractivity contribution in [2.45, 2.75) is 13.0 Å². The smallest absolute Gasteiger partial charge is 0.241 e. The standard InChI is InChI=1S/C22H27BrN4O3/c1-16(22(29)25-19-5-3-17(23)4-6-19)26(2)15-21(28)24-18-7-9-20(10-8-18)27-11-13-30-14-12-27/h3-10,16H,11-15H2,1-2H3,(H,24,28)(H,25,29). The summed E-state index contributed by atoms with van der Waals surface area (Å²) in [4.78, 5) is 28.8. The highest BCUT2D eigenvalue weighted by Gasteiger charge is 2.20. The number of halogens is 1. The van der Waals surface area contributed by atoms with Crippen LogP contribution >= 0.6 is 15.9 Å². The van der Waals surface area contributed by atoms with Crippen LogP contribution in [0.3, 0.4) is 0 Å². The van der Waals surface area contributed by atoms with Crippen molar-refractivity contribution < 1.29 is 14.3 Å². The van der Waals surface area contributed by atoms with Crippen molar-refractivity contribution >= 4 is 44.8 Å². The number of ether oxygens (including phenoxy) is 1. The number of hydrogen-bond acceptors (Lipinski definition) is 5. The predicted octanol–water partition coefficient (Wildman–Crippen LogP) is 3.18. The van der Waals surface area contributed by atoms with Gasteiger partial charge in [-0.25, -0.2) is 0 Å². The molecule has 2 aromatic carbocycles. The fourth-order valence-electron chi connectivity index (χ4n) is 3.12. The van der Waals surface area contributed by atoms with Crippen LogP contribution in [0.25, 0.3) is 0 Å². The normalized spacial score (nSPS) is 15.0. The molecule has 2 amide bonds. The summed E-state index contributed by atoms with van der Waals surface area (Å²) >= 11 is 3.37. The van der Waals surface area contributed by atoms with Crippen LogP contribution in [0.5, 0.6) is 0 Å². The van der Waals surface area contributed by atoms with Crippen LogP contribution in [0.15, 0.2) is 53.0 Å². The van der Waals surface area contributed by atoms with E-state index in [9.17, 15) is 9.59 Å². The highest BCUT2D eigenvalue weighted by molar-refractivity contribution is 9.10. The summed E-state index contributed by atoms with van der Waals surface area (Å²) < 4.78 is 6.32. The number of nitrogens with zero attached hydrogens (tertiary/aromatic N) is 2. The Balaban J connectivity index is 1.48. The monoisotopic (exact) mass is 474 g/mol. The van der Waals surface area contributed by atoms with Crippen LogP contribution < -0.4 is 15.5 Å². The van der Waals surface area contributed by atoms with Gasteiger partial charge in [-0.15, -0.1) is 0 Å². The van der Waals surface area contributed by atoms with Crippen molar-refractivity contribution in [3.8, 4) is 0 Å². The van der Waals surface area contributed by atoms with Crippen LogP contribution in [0.4, 0.5) is 17.1 Å². The molecule has 1 atom stereocenters. The Morgan fingerprint density at radius 2 is 1.60 bits per heavy atom. The number of anilines is 3. The largest absolute Gasteiger partial charge is 0.378 e. The molecule has 3 rings (SSSR count). The topological polar surface area (TPSA) is 73.9 Å². The number of carbonyl (C=O) groups is 2. The van der Waals surface area contributed by atoms with Crippen molar-refractivity contribution in [1.82, 2.24) is 4.90 Å². The average Bonchev–Trinajstić information content (AvgIpc) is 2.75. The molecule has 0 aliphatic carbocycles. The molecule has 160 valence electrons. The van der Waals surface area contributed by atoms with Gasteiger partial charge >= 0.3 is 0 Å². The Bertz CT molecular complexity index is 852. The number of benzene rings is 2. The summed E-state index contributed by atoms with van der Waals surface area (Å²) in [5.74, 6) is -0.331. The van der Waals surface area contributed by atoms with Gasteiger partial charge in [0, 0.05) is 34.6 Å². The quantitative estimate of drug-likeness (QED) is 0.644. The molecule has 0 radical (unpaired) electrons. The Kier molecular flexibility index (Phi) is 7.84. The van der Waals surface area contributed by atoms with Crippen molar-refractivity contribution in [2.24, 2.45) is 0 Å². The van der Waals surface area contributed by atoms with Gasteiger partial charge in [-0.2, -0.15) is 0 Å². The molecule has 8 heteroatoms. The maximum absolute atomic E-state index is 12.5. The van der Waals surface area contributed by atoms with Gasteiger partial charge in [-0.1, -0.05) is 15.9 Å². The van der Waals surface area contributed by atoms with E-state index in [-0.39, 0.29) is 18.4 Å². The van der Waals surface area contributed by atoms with E-state index in [1.165, 1.54) is 0 Å². The zero-order chi connectivity index (χ0) is 21.5. The predicted molar refractivity (Wildman–Crippen MR) is 123 cm³/mol. The molecule has 0 saturated carbocycles. The third-order valence-corrected chi connectivity index (χ3v) is 5.60. The minimum absolute atomic E-state index is 0.111. The van der Waals surface area contributed by atoms with Gasteiger partial charge in [0.1, 0.15) is 0 Å². The molecule has 30 heavy (non-hydrogen) atoms. The number of likely N-dealkylation sites (N-methyl/N-ethyl adjacent to an activating group) is 1. The second kappa shape index (κ2) is 10.6. The van der Waals surface area contributed by atoms with E-state index in [2.05, 4.69) is 31.5 Å². The van der Waals surface area contributed by atoms with Gasteiger partial charge in [0.05, 0.1) is 25.8 Å². The van der Waals surface area contributed by atoms with E-state index in [0.717, 1.165) is 42.2 Å². The third kappa shape index (κ3) is 6.29. The third-order valence-electron chi connectivity index (χ3n) is 5.07. The summed E-state index contributed by atoms with van der Waals surface area (Å²) in [6.45, 7) is 5.10. The van der Waals surface area contributed by atoms with Crippen molar-refractivity contribution in [1.29, 1.82) is 0 Å². The highest BCUT2D eigenvalue weighted by atomic mass is 79.9. The molecule has 1 unspecified atom stereocenters. The maximum Gasteiger partial charge on any atom is 0.241 e. The summed E-state index contributed by atoms with van der Waals surface area (Å²) in [6.07, 6.45) is 0. The number of nitrogens with one attached hydrogen (secondary N) is 2. The van der Waals surface area contributed by atoms with E-state index in [4.69, 9.17) is 4.74 Å². The summed E-state index contributed by atoms with van der Waals surface area (Å²) in [7, 11) is 1.76. The van der Waals surface area contributed by atoms with E-state index in [0.29, 0.717) is 5.69 Å². The fourth-order valence-corrected chi connectivity index (χ4v) is 3.39. The molecular weight excluding hydrogens is 448 g/mol. The van der Waals surface area contributed by atoms with Crippen molar-refractivity contribution in [2.75, 3.05) is 55.4 Å².